The zero-order chi connectivity index (χ0) is 20.4. The van der Waals surface area contributed by atoms with Gasteiger partial charge in [-0.05, 0) is 73.4 Å². The van der Waals surface area contributed by atoms with E-state index in [1.165, 1.54) is 16.6 Å². The Morgan fingerprint density at radius 3 is 2.90 bits per heavy atom. The van der Waals surface area contributed by atoms with Crippen LogP contribution in [0, 0.1) is 0 Å². The molecule has 29 heavy (non-hydrogen) atoms. The fourth-order valence-corrected chi connectivity index (χ4v) is 4.01. The van der Waals surface area contributed by atoms with Crippen molar-refractivity contribution in [2.24, 2.45) is 0 Å². The molecule has 3 aromatic rings. The number of rotatable bonds is 5. The molecule has 1 aromatic carbocycles. The van der Waals surface area contributed by atoms with Gasteiger partial charge in [-0.3, -0.25) is 9.78 Å². The van der Waals surface area contributed by atoms with Crippen molar-refractivity contribution in [2.75, 3.05) is 7.11 Å². The van der Waals surface area contributed by atoms with Crippen LogP contribution in [0.3, 0.4) is 0 Å². The fraction of sp³-hybridized carbons (Fsp3) is 0.381. The molecule has 1 aliphatic carbocycles. The van der Waals surface area contributed by atoms with Crippen LogP contribution < -0.4 is 4.74 Å². The molecule has 8 nitrogen and oxygen atoms in total. The highest BCUT2D eigenvalue weighted by molar-refractivity contribution is 5.95. The molecule has 1 unspecified atom stereocenters. The summed E-state index contributed by atoms with van der Waals surface area (Å²) in [5.74, 6) is 0.551. The van der Waals surface area contributed by atoms with Crippen LogP contribution >= 0.6 is 0 Å². The number of pyridine rings is 1. The predicted octanol–water partition coefficient (Wildman–Crippen LogP) is 2.99. The first kappa shape index (κ1) is 19.0. The molecule has 1 atom stereocenters. The molecular weight excluding hydrogens is 368 g/mol. The molecule has 1 aliphatic rings. The minimum Gasteiger partial charge on any atom is -0.494 e. The average molecular weight is 392 g/mol. The van der Waals surface area contributed by atoms with E-state index in [1.807, 2.05) is 31.0 Å². The maximum atomic E-state index is 13.6. The van der Waals surface area contributed by atoms with Crippen molar-refractivity contribution < 1.29 is 9.53 Å². The van der Waals surface area contributed by atoms with Gasteiger partial charge in [0, 0.05) is 17.8 Å². The van der Waals surface area contributed by atoms with E-state index in [-0.39, 0.29) is 18.0 Å². The molecule has 0 radical (unpaired) electrons. The number of hydrogen-bond donors (Lipinski definition) is 0. The first-order valence-corrected chi connectivity index (χ1v) is 9.78. The van der Waals surface area contributed by atoms with E-state index in [1.54, 1.807) is 25.3 Å². The minimum absolute atomic E-state index is 0.0269. The number of ether oxygens (including phenoxy) is 1. The molecular formula is C21H24N6O2. The second-order valence-electron chi connectivity index (χ2n) is 7.40. The lowest BCUT2D eigenvalue weighted by Crippen LogP contribution is -2.41. The van der Waals surface area contributed by atoms with Gasteiger partial charge in [-0.25, -0.2) is 0 Å². The lowest BCUT2D eigenvalue weighted by molar-refractivity contribution is 0.0576. The van der Waals surface area contributed by atoms with Crippen molar-refractivity contribution in [3.63, 3.8) is 0 Å². The minimum atomic E-state index is -0.0412. The normalized spacial score (nSPS) is 15.8. The Morgan fingerprint density at radius 2 is 2.17 bits per heavy atom. The number of benzene rings is 1. The van der Waals surface area contributed by atoms with Crippen molar-refractivity contribution in [1.29, 1.82) is 0 Å². The summed E-state index contributed by atoms with van der Waals surface area (Å²) in [6.07, 6.45) is 6.24. The van der Waals surface area contributed by atoms with Crippen molar-refractivity contribution in [1.82, 2.24) is 30.1 Å². The molecule has 0 bridgehead atoms. The third-order valence-electron chi connectivity index (χ3n) is 5.31. The number of aromatic nitrogens is 5. The Morgan fingerprint density at radius 1 is 1.31 bits per heavy atom. The molecule has 0 fully saturated rings. The fourth-order valence-electron chi connectivity index (χ4n) is 4.01. The molecule has 2 heterocycles. The SMILES string of the molecule is COc1ccc(C(=O)N(C(C)C)C2CCCc3cccnc32)cc1-n1cnnn1. The summed E-state index contributed by atoms with van der Waals surface area (Å²) < 4.78 is 6.92. The van der Waals surface area contributed by atoms with Gasteiger partial charge in [0.15, 0.2) is 0 Å². The van der Waals surface area contributed by atoms with Crippen molar-refractivity contribution in [2.45, 2.75) is 45.2 Å². The summed E-state index contributed by atoms with van der Waals surface area (Å²) in [4.78, 5) is 20.2. The smallest absolute Gasteiger partial charge is 0.254 e. The van der Waals surface area contributed by atoms with Crippen molar-refractivity contribution in [3.8, 4) is 11.4 Å². The molecule has 0 saturated heterocycles. The molecule has 150 valence electrons. The van der Waals surface area contributed by atoms with Crippen LogP contribution in [-0.2, 0) is 6.42 Å². The summed E-state index contributed by atoms with van der Waals surface area (Å²) in [6.45, 7) is 4.09. The molecule has 2 aromatic heterocycles. The maximum absolute atomic E-state index is 13.6. The van der Waals surface area contributed by atoms with Crippen molar-refractivity contribution in [3.05, 3.63) is 59.7 Å². The highest BCUT2D eigenvalue weighted by atomic mass is 16.5. The zero-order valence-electron chi connectivity index (χ0n) is 16.8. The van der Waals surface area contributed by atoms with Gasteiger partial charge >= 0.3 is 0 Å². The molecule has 0 saturated carbocycles. The van der Waals surface area contributed by atoms with Crippen LogP contribution in [-0.4, -0.2) is 49.1 Å². The van der Waals surface area contributed by atoms with Crippen molar-refractivity contribution >= 4 is 5.91 Å². The Bertz CT molecular complexity index is 1000. The zero-order valence-corrected chi connectivity index (χ0v) is 16.8. The number of hydrogen-bond acceptors (Lipinski definition) is 6. The van der Waals surface area contributed by atoms with E-state index in [2.05, 4.69) is 26.6 Å². The maximum Gasteiger partial charge on any atom is 0.254 e. The number of fused-ring (bicyclic) bond motifs is 1. The van der Waals surface area contributed by atoms with Gasteiger partial charge in [-0.15, -0.1) is 5.10 Å². The molecule has 0 aliphatic heterocycles. The van der Waals surface area contributed by atoms with E-state index in [9.17, 15) is 4.79 Å². The number of nitrogens with zero attached hydrogens (tertiary/aromatic N) is 6. The van der Waals surface area contributed by atoms with Gasteiger partial charge in [-0.1, -0.05) is 6.07 Å². The summed E-state index contributed by atoms with van der Waals surface area (Å²) in [7, 11) is 1.58. The second kappa shape index (κ2) is 7.98. The Balaban J connectivity index is 1.73. The van der Waals surface area contributed by atoms with Gasteiger partial charge in [-0.2, -0.15) is 4.68 Å². The summed E-state index contributed by atoms with van der Waals surface area (Å²) in [5.41, 5.74) is 3.42. The van der Waals surface area contributed by atoms with Gasteiger partial charge in [0.1, 0.15) is 17.8 Å². The number of tetrazole rings is 1. The van der Waals surface area contributed by atoms with Crippen LogP contribution in [0.5, 0.6) is 5.75 Å². The number of carbonyl (C=O) groups excluding carboxylic acids is 1. The average Bonchev–Trinajstić information content (AvgIpc) is 3.28. The molecule has 4 rings (SSSR count). The van der Waals surface area contributed by atoms with E-state index >= 15 is 0 Å². The second-order valence-corrected chi connectivity index (χ2v) is 7.40. The monoisotopic (exact) mass is 392 g/mol. The van der Waals surface area contributed by atoms with Gasteiger partial charge in [0.25, 0.3) is 5.91 Å². The van der Waals surface area contributed by atoms with Crippen LogP contribution in [0.25, 0.3) is 5.69 Å². The molecule has 1 amide bonds. The van der Waals surface area contributed by atoms with Crippen LogP contribution in [0.2, 0.25) is 0 Å². The Kier molecular flexibility index (Phi) is 5.24. The lowest BCUT2D eigenvalue weighted by atomic mass is 9.89. The lowest BCUT2D eigenvalue weighted by Gasteiger charge is -2.38. The van der Waals surface area contributed by atoms with Crippen LogP contribution in [0.4, 0.5) is 0 Å². The summed E-state index contributed by atoms with van der Waals surface area (Å²) >= 11 is 0. The highest BCUT2D eigenvalue weighted by Crippen LogP contribution is 2.35. The third-order valence-corrected chi connectivity index (χ3v) is 5.31. The largest absolute Gasteiger partial charge is 0.494 e. The number of carbonyl (C=O) groups is 1. The number of amides is 1. The summed E-state index contributed by atoms with van der Waals surface area (Å²) in [6, 6.07) is 9.40. The number of aryl methyl sites for hydroxylation is 1. The van der Waals surface area contributed by atoms with Gasteiger partial charge in [0.2, 0.25) is 0 Å². The van der Waals surface area contributed by atoms with E-state index in [0.717, 1.165) is 25.0 Å². The van der Waals surface area contributed by atoms with E-state index in [4.69, 9.17) is 4.74 Å². The Hall–Kier alpha value is -3.29. The van der Waals surface area contributed by atoms with Gasteiger partial charge in [0.05, 0.1) is 18.8 Å². The number of methoxy groups -OCH3 is 1. The predicted molar refractivity (Wildman–Crippen MR) is 107 cm³/mol. The van der Waals surface area contributed by atoms with E-state index in [0.29, 0.717) is 17.0 Å². The first-order chi connectivity index (χ1) is 14.1. The highest BCUT2D eigenvalue weighted by Gasteiger charge is 2.33. The first-order valence-electron chi connectivity index (χ1n) is 9.78. The third kappa shape index (κ3) is 3.57. The van der Waals surface area contributed by atoms with Crippen LogP contribution in [0.1, 0.15) is 54.3 Å². The van der Waals surface area contributed by atoms with Gasteiger partial charge < -0.3 is 9.64 Å². The topological polar surface area (TPSA) is 86.0 Å². The van der Waals surface area contributed by atoms with E-state index < -0.39 is 0 Å². The van der Waals surface area contributed by atoms with Crippen LogP contribution in [0.15, 0.2) is 42.9 Å². The molecule has 8 heteroatoms. The molecule has 0 N–H and O–H groups in total. The summed E-state index contributed by atoms with van der Waals surface area (Å²) in [5, 5.41) is 11.3. The molecule has 0 spiro atoms. The standard InChI is InChI=1S/C21H24N6O2/c1-14(2)27(17-8-4-6-15-7-5-11-22-20(15)17)21(28)16-9-10-19(29-3)18(12-16)26-13-23-24-25-26/h5,7,9-14,17H,4,6,8H2,1-3H3. The quantitative estimate of drug-likeness (QED) is 0.663. The Labute approximate surface area is 169 Å².